The Bertz CT molecular complexity index is 522. The highest BCUT2D eigenvalue weighted by molar-refractivity contribution is 5.97. The van der Waals surface area contributed by atoms with Crippen molar-refractivity contribution in [2.75, 3.05) is 0 Å². The predicted molar refractivity (Wildman–Crippen MR) is 65.7 cm³/mol. The molecule has 1 saturated carbocycles. The lowest BCUT2D eigenvalue weighted by atomic mass is 10.0. The maximum atomic E-state index is 12.4. The SMILES string of the molecule is CC1C(=O)NC(C2CC2)C(=O)N1Cc1cn(C)nn1. The van der Waals surface area contributed by atoms with Crippen LogP contribution in [0.3, 0.4) is 0 Å². The molecule has 7 nitrogen and oxygen atoms in total. The molecule has 7 heteroatoms. The first-order valence-corrected chi connectivity index (χ1v) is 6.52. The molecular weight excluding hydrogens is 246 g/mol. The van der Waals surface area contributed by atoms with Gasteiger partial charge >= 0.3 is 0 Å². The number of carbonyl (C=O) groups is 2. The topological polar surface area (TPSA) is 80.1 Å². The number of hydrogen-bond donors (Lipinski definition) is 1. The summed E-state index contributed by atoms with van der Waals surface area (Å²) >= 11 is 0. The van der Waals surface area contributed by atoms with E-state index >= 15 is 0 Å². The Hall–Kier alpha value is -1.92. The summed E-state index contributed by atoms with van der Waals surface area (Å²) in [5.74, 6) is 0.231. The third-order valence-corrected chi connectivity index (χ3v) is 3.77. The number of aromatic nitrogens is 3. The van der Waals surface area contributed by atoms with Crippen LogP contribution in [-0.4, -0.2) is 43.8 Å². The normalized spacial score (nSPS) is 27.6. The summed E-state index contributed by atoms with van der Waals surface area (Å²) in [5, 5.41) is 10.6. The van der Waals surface area contributed by atoms with E-state index in [1.165, 1.54) is 0 Å². The molecular formula is C12H17N5O2. The second-order valence-electron chi connectivity index (χ2n) is 5.35. The molecule has 2 fully saturated rings. The zero-order valence-electron chi connectivity index (χ0n) is 11.0. The van der Waals surface area contributed by atoms with Gasteiger partial charge in [0.2, 0.25) is 11.8 Å². The Morgan fingerprint density at radius 1 is 1.42 bits per heavy atom. The fourth-order valence-corrected chi connectivity index (χ4v) is 2.45. The predicted octanol–water partition coefficient (Wildman–Crippen LogP) is -0.559. The molecule has 1 N–H and O–H groups in total. The molecule has 2 aliphatic rings. The number of aryl methyl sites for hydroxylation is 1. The molecule has 1 aromatic heterocycles. The van der Waals surface area contributed by atoms with Crippen LogP contribution >= 0.6 is 0 Å². The average molecular weight is 263 g/mol. The van der Waals surface area contributed by atoms with E-state index in [2.05, 4.69) is 15.6 Å². The molecule has 2 atom stereocenters. The van der Waals surface area contributed by atoms with Crippen LogP contribution in [0.4, 0.5) is 0 Å². The fourth-order valence-electron chi connectivity index (χ4n) is 2.45. The molecule has 1 aromatic rings. The van der Waals surface area contributed by atoms with Gasteiger partial charge in [0.15, 0.2) is 0 Å². The van der Waals surface area contributed by atoms with Crippen LogP contribution in [0.1, 0.15) is 25.5 Å². The van der Waals surface area contributed by atoms with Crippen LogP contribution in [0.15, 0.2) is 6.20 Å². The molecule has 3 rings (SSSR count). The van der Waals surface area contributed by atoms with Crippen molar-refractivity contribution in [3.8, 4) is 0 Å². The van der Waals surface area contributed by atoms with Gasteiger partial charge in [-0.2, -0.15) is 0 Å². The van der Waals surface area contributed by atoms with Gasteiger partial charge in [0.25, 0.3) is 0 Å². The Kier molecular flexibility index (Phi) is 2.76. The zero-order chi connectivity index (χ0) is 13.6. The molecule has 1 saturated heterocycles. The lowest BCUT2D eigenvalue weighted by Crippen LogP contribution is -2.62. The number of carbonyl (C=O) groups excluding carboxylic acids is 2. The van der Waals surface area contributed by atoms with E-state index in [1.807, 2.05) is 0 Å². The second-order valence-corrected chi connectivity index (χ2v) is 5.35. The molecule has 0 aromatic carbocycles. The van der Waals surface area contributed by atoms with E-state index in [1.54, 1.807) is 29.7 Å². The highest BCUT2D eigenvalue weighted by atomic mass is 16.2. The van der Waals surface area contributed by atoms with Crippen LogP contribution in [0, 0.1) is 5.92 Å². The van der Waals surface area contributed by atoms with E-state index < -0.39 is 6.04 Å². The van der Waals surface area contributed by atoms with Crippen molar-refractivity contribution in [2.45, 2.75) is 38.4 Å². The van der Waals surface area contributed by atoms with Gasteiger partial charge in [-0.15, -0.1) is 5.10 Å². The highest BCUT2D eigenvalue weighted by Crippen LogP contribution is 2.35. The summed E-state index contributed by atoms with van der Waals surface area (Å²) in [5.41, 5.74) is 0.701. The smallest absolute Gasteiger partial charge is 0.246 e. The number of rotatable bonds is 3. The minimum atomic E-state index is -0.454. The van der Waals surface area contributed by atoms with Crippen LogP contribution in [0.2, 0.25) is 0 Å². The van der Waals surface area contributed by atoms with E-state index in [9.17, 15) is 9.59 Å². The molecule has 0 radical (unpaired) electrons. The summed E-state index contributed by atoms with van der Waals surface area (Å²) in [4.78, 5) is 26.0. The number of nitrogens with zero attached hydrogens (tertiary/aromatic N) is 4. The number of hydrogen-bond acceptors (Lipinski definition) is 4. The van der Waals surface area contributed by atoms with Gasteiger partial charge in [-0.1, -0.05) is 5.21 Å². The monoisotopic (exact) mass is 263 g/mol. The van der Waals surface area contributed by atoms with Gasteiger partial charge in [0.05, 0.1) is 6.54 Å². The Morgan fingerprint density at radius 3 is 2.74 bits per heavy atom. The van der Waals surface area contributed by atoms with Gasteiger partial charge in [-0.05, 0) is 25.7 Å². The van der Waals surface area contributed by atoms with Gasteiger partial charge in [0.1, 0.15) is 17.8 Å². The largest absolute Gasteiger partial charge is 0.342 e. The first-order chi connectivity index (χ1) is 9.06. The third kappa shape index (κ3) is 2.20. The van der Waals surface area contributed by atoms with Gasteiger partial charge in [0, 0.05) is 13.2 Å². The van der Waals surface area contributed by atoms with E-state index in [0.29, 0.717) is 18.2 Å². The van der Waals surface area contributed by atoms with Gasteiger partial charge < -0.3 is 10.2 Å². The fraction of sp³-hybridized carbons (Fsp3) is 0.667. The first-order valence-electron chi connectivity index (χ1n) is 6.52. The molecule has 0 bridgehead atoms. The second kappa shape index (κ2) is 4.32. The van der Waals surface area contributed by atoms with Crippen molar-refractivity contribution in [1.82, 2.24) is 25.2 Å². The van der Waals surface area contributed by atoms with E-state index in [-0.39, 0.29) is 17.9 Å². The van der Waals surface area contributed by atoms with Crippen molar-refractivity contribution in [3.63, 3.8) is 0 Å². The molecule has 1 aliphatic heterocycles. The van der Waals surface area contributed by atoms with Crippen molar-refractivity contribution < 1.29 is 9.59 Å². The number of piperazine rings is 1. The van der Waals surface area contributed by atoms with Crippen LogP contribution in [0.25, 0.3) is 0 Å². The van der Waals surface area contributed by atoms with Crippen molar-refractivity contribution in [2.24, 2.45) is 13.0 Å². The summed E-state index contributed by atoms with van der Waals surface area (Å²) in [7, 11) is 1.78. The summed E-state index contributed by atoms with van der Waals surface area (Å²) in [6, 6.07) is -0.801. The Morgan fingerprint density at radius 2 is 2.16 bits per heavy atom. The lowest BCUT2D eigenvalue weighted by Gasteiger charge is -2.37. The van der Waals surface area contributed by atoms with Crippen LogP contribution < -0.4 is 5.32 Å². The van der Waals surface area contributed by atoms with Crippen molar-refractivity contribution in [1.29, 1.82) is 0 Å². The molecule has 2 unspecified atom stereocenters. The first kappa shape index (κ1) is 12.1. The quantitative estimate of drug-likeness (QED) is 0.792. The van der Waals surface area contributed by atoms with Crippen LogP contribution in [-0.2, 0) is 23.2 Å². The maximum Gasteiger partial charge on any atom is 0.246 e. The van der Waals surface area contributed by atoms with Gasteiger partial charge in [-0.25, -0.2) is 0 Å². The molecule has 2 heterocycles. The summed E-state index contributed by atoms with van der Waals surface area (Å²) < 4.78 is 1.59. The van der Waals surface area contributed by atoms with E-state index in [0.717, 1.165) is 12.8 Å². The minimum absolute atomic E-state index is 0.000234. The Balaban J connectivity index is 1.80. The van der Waals surface area contributed by atoms with E-state index in [4.69, 9.17) is 0 Å². The maximum absolute atomic E-state index is 12.4. The Labute approximate surface area is 110 Å². The molecule has 19 heavy (non-hydrogen) atoms. The molecule has 1 aliphatic carbocycles. The molecule has 0 spiro atoms. The average Bonchev–Trinajstić information content (AvgIpc) is 3.13. The highest BCUT2D eigenvalue weighted by Gasteiger charge is 2.45. The van der Waals surface area contributed by atoms with Gasteiger partial charge in [-0.3, -0.25) is 14.3 Å². The third-order valence-electron chi connectivity index (χ3n) is 3.77. The zero-order valence-corrected chi connectivity index (χ0v) is 11.0. The molecule has 2 amide bonds. The van der Waals surface area contributed by atoms with Crippen molar-refractivity contribution >= 4 is 11.8 Å². The number of amides is 2. The summed E-state index contributed by atoms with van der Waals surface area (Å²) in [6.45, 7) is 2.08. The lowest BCUT2D eigenvalue weighted by molar-refractivity contribution is -0.150. The number of nitrogens with one attached hydrogen (secondary N) is 1. The summed E-state index contributed by atoms with van der Waals surface area (Å²) in [6.07, 6.45) is 3.80. The van der Waals surface area contributed by atoms with Crippen LogP contribution in [0.5, 0.6) is 0 Å². The minimum Gasteiger partial charge on any atom is -0.342 e. The van der Waals surface area contributed by atoms with Crippen molar-refractivity contribution in [3.05, 3.63) is 11.9 Å². The molecule has 102 valence electrons. The standard InChI is InChI=1S/C12H17N5O2/c1-7-11(18)13-10(8-3-4-8)12(19)17(7)6-9-5-16(2)15-14-9/h5,7-8,10H,3-4,6H2,1-2H3,(H,13,18).